The standard InChI is InChI=1S/C11H12F2N4O3/c1-3-19-11(18)8-9(10(12)13)17(16-14-8)5-7-4-6(2)20-15-7/h4,10H,3,5H2,1-2H3. The lowest BCUT2D eigenvalue weighted by Crippen LogP contribution is -2.12. The molecule has 0 bridgehead atoms. The van der Waals surface area contributed by atoms with Crippen LogP contribution in [0, 0.1) is 6.92 Å². The molecule has 0 aromatic carbocycles. The van der Waals surface area contributed by atoms with E-state index in [0.717, 1.165) is 4.68 Å². The number of hydrogen-bond acceptors (Lipinski definition) is 6. The highest BCUT2D eigenvalue weighted by molar-refractivity contribution is 5.88. The largest absolute Gasteiger partial charge is 0.461 e. The Hall–Kier alpha value is -2.32. The topological polar surface area (TPSA) is 83.0 Å². The Kier molecular flexibility index (Phi) is 4.06. The third kappa shape index (κ3) is 2.81. The van der Waals surface area contributed by atoms with Gasteiger partial charge < -0.3 is 9.26 Å². The van der Waals surface area contributed by atoms with E-state index in [1.807, 2.05) is 0 Å². The third-order valence-corrected chi connectivity index (χ3v) is 2.44. The molecule has 0 atom stereocenters. The number of carbonyl (C=O) groups excluding carboxylic acids is 1. The molecule has 0 unspecified atom stereocenters. The molecule has 7 nitrogen and oxygen atoms in total. The summed E-state index contributed by atoms with van der Waals surface area (Å²) < 4.78 is 36.6. The van der Waals surface area contributed by atoms with Crippen LogP contribution in [0.3, 0.4) is 0 Å². The number of ether oxygens (including phenoxy) is 1. The van der Waals surface area contributed by atoms with E-state index < -0.39 is 23.8 Å². The van der Waals surface area contributed by atoms with Crippen LogP contribution in [0.15, 0.2) is 10.6 Å². The molecule has 2 heterocycles. The SMILES string of the molecule is CCOC(=O)c1nnn(Cc2cc(C)on2)c1C(F)F. The molecule has 9 heteroatoms. The van der Waals surface area contributed by atoms with Crippen LogP contribution in [0.2, 0.25) is 0 Å². The second-order valence-electron chi connectivity index (χ2n) is 3.93. The van der Waals surface area contributed by atoms with Gasteiger partial charge >= 0.3 is 5.97 Å². The molecule has 0 radical (unpaired) electrons. The van der Waals surface area contributed by atoms with Crippen LogP contribution < -0.4 is 0 Å². The molecule has 108 valence electrons. The average molecular weight is 286 g/mol. The lowest BCUT2D eigenvalue weighted by molar-refractivity contribution is 0.0506. The summed E-state index contributed by atoms with van der Waals surface area (Å²) in [4.78, 5) is 11.5. The van der Waals surface area contributed by atoms with Crippen LogP contribution in [-0.4, -0.2) is 32.7 Å². The van der Waals surface area contributed by atoms with Crippen molar-refractivity contribution in [2.24, 2.45) is 0 Å². The van der Waals surface area contributed by atoms with Crippen LogP contribution in [0.1, 0.15) is 41.0 Å². The van der Waals surface area contributed by atoms with Crippen molar-refractivity contribution >= 4 is 5.97 Å². The number of esters is 1. The van der Waals surface area contributed by atoms with E-state index in [0.29, 0.717) is 11.5 Å². The van der Waals surface area contributed by atoms with Crippen LogP contribution in [0.5, 0.6) is 0 Å². The molecule has 0 aliphatic carbocycles. The van der Waals surface area contributed by atoms with E-state index in [1.165, 1.54) is 0 Å². The van der Waals surface area contributed by atoms with Gasteiger partial charge in [0.15, 0.2) is 5.69 Å². The molecule has 2 aromatic rings. The molecule has 0 fully saturated rings. The predicted octanol–water partition coefficient (Wildman–Crippen LogP) is 1.74. The van der Waals surface area contributed by atoms with Crippen molar-refractivity contribution in [3.05, 3.63) is 28.9 Å². The monoisotopic (exact) mass is 286 g/mol. The van der Waals surface area contributed by atoms with Crippen molar-refractivity contribution in [2.45, 2.75) is 26.8 Å². The zero-order chi connectivity index (χ0) is 14.7. The normalized spacial score (nSPS) is 11.1. The highest BCUT2D eigenvalue weighted by Crippen LogP contribution is 2.22. The molecule has 20 heavy (non-hydrogen) atoms. The van der Waals surface area contributed by atoms with Crippen molar-refractivity contribution in [3.8, 4) is 0 Å². The van der Waals surface area contributed by atoms with Gasteiger partial charge in [0.25, 0.3) is 6.43 Å². The number of hydrogen-bond donors (Lipinski definition) is 0. The average Bonchev–Trinajstić information content (AvgIpc) is 2.96. The Labute approximate surface area is 112 Å². The van der Waals surface area contributed by atoms with Gasteiger partial charge in [-0.1, -0.05) is 10.4 Å². The van der Waals surface area contributed by atoms with Crippen molar-refractivity contribution in [1.29, 1.82) is 0 Å². The number of aromatic nitrogens is 4. The van der Waals surface area contributed by atoms with Crippen molar-refractivity contribution in [3.63, 3.8) is 0 Å². The van der Waals surface area contributed by atoms with E-state index >= 15 is 0 Å². The van der Waals surface area contributed by atoms with E-state index in [2.05, 4.69) is 20.2 Å². The van der Waals surface area contributed by atoms with Crippen LogP contribution >= 0.6 is 0 Å². The van der Waals surface area contributed by atoms with Crippen molar-refractivity contribution in [2.75, 3.05) is 6.61 Å². The summed E-state index contributed by atoms with van der Waals surface area (Å²) in [6, 6.07) is 1.58. The molecule has 0 saturated carbocycles. The maximum Gasteiger partial charge on any atom is 0.361 e. The van der Waals surface area contributed by atoms with E-state index in [1.54, 1.807) is 19.9 Å². The Bertz CT molecular complexity index is 609. The maximum atomic E-state index is 13.1. The first-order valence-corrected chi connectivity index (χ1v) is 5.83. The van der Waals surface area contributed by atoms with Gasteiger partial charge in [0.05, 0.1) is 13.2 Å². The molecule has 0 spiro atoms. The summed E-state index contributed by atoms with van der Waals surface area (Å²) >= 11 is 0. The third-order valence-electron chi connectivity index (χ3n) is 2.44. The molecular weight excluding hydrogens is 274 g/mol. The molecule has 0 saturated heterocycles. The molecule has 2 aromatic heterocycles. The number of halogens is 2. The number of carbonyl (C=O) groups is 1. The second-order valence-corrected chi connectivity index (χ2v) is 3.93. The molecular formula is C11H12F2N4O3. The van der Waals surface area contributed by atoms with Crippen LogP contribution in [0.4, 0.5) is 8.78 Å². The van der Waals surface area contributed by atoms with Gasteiger partial charge in [-0.2, -0.15) is 0 Å². The minimum atomic E-state index is -2.91. The van der Waals surface area contributed by atoms with Gasteiger partial charge in [-0.25, -0.2) is 18.3 Å². The highest BCUT2D eigenvalue weighted by Gasteiger charge is 2.27. The van der Waals surface area contributed by atoms with E-state index in [-0.39, 0.29) is 13.2 Å². The Balaban J connectivity index is 2.31. The second kappa shape index (κ2) is 5.76. The lowest BCUT2D eigenvalue weighted by Gasteiger charge is -2.05. The molecule has 0 amide bonds. The zero-order valence-electron chi connectivity index (χ0n) is 10.8. The minimum Gasteiger partial charge on any atom is -0.461 e. The number of alkyl halides is 2. The zero-order valence-corrected chi connectivity index (χ0v) is 10.8. The lowest BCUT2D eigenvalue weighted by atomic mass is 10.3. The Morgan fingerprint density at radius 3 is 2.85 bits per heavy atom. The first-order valence-electron chi connectivity index (χ1n) is 5.83. The summed E-state index contributed by atoms with van der Waals surface area (Å²) in [6.07, 6.45) is -2.91. The number of aryl methyl sites for hydroxylation is 1. The van der Waals surface area contributed by atoms with Crippen molar-refractivity contribution < 1.29 is 22.8 Å². The van der Waals surface area contributed by atoms with Crippen LogP contribution in [-0.2, 0) is 11.3 Å². The van der Waals surface area contributed by atoms with Crippen molar-refractivity contribution in [1.82, 2.24) is 20.2 Å². The number of nitrogens with zero attached hydrogens (tertiary/aromatic N) is 4. The quantitative estimate of drug-likeness (QED) is 0.778. The molecule has 0 aliphatic heterocycles. The maximum absolute atomic E-state index is 13.1. The summed E-state index contributed by atoms with van der Waals surface area (Å²) in [6.45, 7) is 3.25. The molecule has 2 rings (SSSR count). The minimum absolute atomic E-state index is 0.0661. The summed E-state index contributed by atoms with van der Waals surface area (Å²) in [5.41, 5.74) is -0.670. The predicted molar refractivity (Wildman–Crippen MR) is 61.3 cm³/mol. The van der Waals surface area contributed by atoms with Gasteiger partial charge in [-0.15, -0.1) is 5.10 Å². The van der Waals surface area contributed by atoms with Gasteiger partial charge in [-0.05, 0) is 13.8 Å². The summed E-state index contributed by atoms with van der Waals surface area (Å²) in [7, 11) is 0. The van der Waals surface area contributed by atoms with Gasteiger partial charge in [0.2, 0.25) is 0 Å². The first-order chi connectivity index (χ1) is 9.52. The smallest absolute Gasteiger partial charge is 0.361 e. The Morgan fingerprint density at radius 2 is 2.30 bits per heavy atom. The fourth-order valence-electron chi connectivity index (χ4n) is 1.64. The summed E-state index contributed by atoms with van der Waals surface area (Å²) in [5.74, 6) is -0.380. The van der Waals surface area contributed by atoms with E-state index in [9.17, 15) is 13.6 Å². The molecule has 0 aliphatic rings. The van der Waals surface area contributed by atoms with Crippen LogP contribution in [0.25, 0.3) is 0 Å². The summed E-state index contributed by atoms with van der Waals surface area (Å²) in [5, 5.41) is 10.7. The fourth-order valence-corrected chi connectivity index (χ4v) is 1.64. The molecule has 0 N–H and O–H groups in total. The van der Waals surface area contributed by atoms with Gasteiger partial charge in [0.1, 0.15) is 17.1 Å². The first kappa shape index (κ1) is 14.1. The van der Waals surface area contributed by atoms with E-state index in [4.69, 9.17) is 4.52 Å². The van der Waals surface area contributed by atoms with Gasteiger partial charge in [-0.3, -0.25) is 0 Å². The Morgan fingerprint density at radius 1 is 1.55 bits per heavy atom. The highest BCUT2D eigenvalue weighted by atomic mass is 19.3. The fraction of sp³-hybridized carbons (Fsp3) is 0.455. The van der Waals surface area contributed by atoms with Gasteiger partial charge in [0, 0.05) is 6.07 Å². The number of rotatable bonds is 5.